The van der Waals surface area contributed by atoms with Gasteiger partial charge in [0.05, 0.1) is 0 Å². The number of hydrogen-bond acceptors (Lipinski definition) is 3. The van der Waals surface area contributed by atoms with Gasteiger partial charge in [0.1, 0.15) is 0 Å². The third kappa shape index (κ3) is 4.86. The zero-order valence-electron chi connectivity index (χ0n) is 15.1. The molecule has 1 fully saturated rings. The molecule has 1 aliphatic heterocycles. The van der Waals surface area contributed by atoms with E-state index in [1.807, 2.05) is 17.0 Å². The summed E-state index contributed by atoms with van der Waals surface area (Å²) in [6.45, 7) is 3.60. The number of likely N-dealkylation sites (tertiary alicyclic amines) is 1. The van der Waals surface area contributed by atoms with Crippen molar-refractivity contribution in [2.24, 2.45) is 0 Å². The molecule has 0 atom stereocenters. The van der Waals surface area contributed by atoms with Gasteiger partial charge in [-0.05, 0) is 61.5 Å². The summed E-state index contributed by atoms with van der Waals surface area (Å²) < 4.78 is 0. The van der Waals surface area contributed by atoms with Crippen LogP contribution in [-0.2, 0) is 13.1 Å². The molecule has 0 aliphatic carbocycles. The first-order valence-electron chi connectivity index (χ1n) is 8.85. The van der Waals surface area contributed by atoms with E-state index in [0.717, 1.165) is 44.6 Å². The first-order valence-corrected chi connectivity index (χ1v) is 10.1. The Kier molecular flexibility index (Phi) is 6.16. The van der Waals surface area contributed by atoms with Gasteiger partial charge in [0.25, 0.3) is 5.91 Å². The topological polar surface area (TPSA) is 23.6 Å². The van der Waals surface area contributed by atoms with E-state index < -0.39 is 0 Å². The summed E-state index contributed by atoms with van der Waals surface area (Å²) in [5.41, 5.74) is 3.36. The molecule has 1 heterocycles. The minimum Gasteiger partial charge on any atom is -0.339 e. The number of thioether (sulfide) groups is 1. The van der Waals surface area contributed by atoms with Crippen LogP contribution in [0, 0.1) is 0 Å². The molecule has 3 nitrogen and oxygen atoms in total. The van der Waals surface area contributed by atoms with E-state index in [4.69, 9.17) is 0 Å². The van der Waals surface area contributed by atoms with Crippen molar-refractivity contribution >= 4 is 17.7 Å². The Morgan fingerprint density at radius 1 is 0.960 bits per heavy atom. The van der Waals surface area contributed by atoms with Gasteiger partial charge in [0.2, 0.25) is 0 Å². The second kappa shape index (κ2) is 8.54. The quantitative estimate of drug-likeness (QED) is 0.724. The van der Waals surface area contributed by atoms with Crippen LogP contribution in [0.2, 0.25) is 0 Å². The average molecular weight is 355 g/mol. The summed E-state index contributed by atoms with van der Waals surface area (Å²) in [5, 5.41) is 0. The van der Waals surface area contributed by atoms with E-state index in [9.17, 15) is 4.79 Å². The van der Waals surface area contributed by atoms with Crippen molar-refractivity contribution < 1.29 is 4.79 Å². The van der Waals surface area contributed by atoms with Gasteiger partial charge in [0, 0.05) is 36.6 Å². The number of rotatable bonds is 6. The van der Waals surface area contributed by atoms with Gasteiger partial charge < -0.3 is 4.90 Å². The van der Waals surface area contributed by atoms with Crippen molar-refractivity contribution in [3.05, 3.63) is 65.2 Å². The molecule has 0 radical (unpaired) electrons. The first kappa shape index (κ1) is 18.0. The third-order valence-corrected chi connectivity index (χ3v) is 5.40. The Hall–Kier alpha value is -1.78. The van der Waals surface area contributed by atoms with Crippen LogP contribution in [0.5, 0.6) is 0 Å². The Morgan fingerprint density at radius 2 is 1.48 bits per heavy atom. The maximum absolute atomic E-state index is 12.4. The van der Waals surface area contributed by atoms with Crippen molar-refractivity contribution in [2.45, 2.75) is 30.8 Å². The van der Waals surface area contributed by atoms with Crippen molar-refractivity contribution in [1.29, 1.82) is 0 Å². The SMILES string of the molecule is CSc1ccc(CN(C)Cc2ccc(C(=O)N3CCCC3)cc2)cc1. The summed E-state index contributed by atoms with van der Waals surface area (Å²) in [4.78, 5) is 17.9. The largest absolute Gasteiger partial charge is 0.339 e. The van der Waals surface area contributed by atoms with Crippen LogP contribution in [0.3, 0.4) is 0 Å². The van der Waals surface area contributed by atoms with E-state index in [1.165, 1.54) is 16.0 Å². The minimum absolute atomic E-state index is 0.172. The van der Waals surface area contributed by atoms with Crippen molar-refractivity contribution in [3.63, 3.8) is 0 Å². The molecular weight excluding hydrogens is 328 g/mol. The normalized spacial score (nSPS) is 14.3. The standard InChI is InChI=1S/C21H26N2OS/c1-22(16-18-7-11-20(25-2)12-8-18)15-17-5-9-19(10-6-17)21(24)23-13-3-4-14-23/h5-12H,3-4,13-16H2,1-2H3. The van der Waals surface area contributed by atoms with Crippen LogP contribution in [0.4, 0.5) is 0 Å². The van der Waals surface area contributed by atoms with Crippen molar-refractivity contribution in [2.75, 3.05) is 26.4 Å². The molecule has 2 aromatic rings. The zero-order valence-corrected chi connectivity index (χ0v) is 15.9. The van der Waals surface area contributed by atoms with Crippen LogP contribution >= 0.6 is 11.8 Å². The Morgan fingerprint density at radius 3 is 2.00 bits per heavy atom. The molecule has 0 bridgehead atoms. The number of carbonyl (C=O) groups excluding carboxylic acids is 1. The van der Waals surface area contributed by atoms with E-state index >= 15 is 0 Å². The van der Waals surface area contributed by atoms with Crippen LogP contribution < -0.4 is 0 Å². The Balaban J connectivity index is 1.55. The van der Waals surface area contributed by atoms with Crippen LogP contribution in [0.1, 0.15) is 34.3 Å². The van der Waals surface area contributed by atoms with Gasteiger partial charge in [-0.3, -0.25) is 9.69 Å². The summed E-state index contributed by atoms with van der Waals surface area (Å²) in [7, 11) is 2.13. The van der Waals surface area contributed by atoms with Gasteiger partial charge >= 0.3 is 0 Å². The fraction of sp³-hybridized carbons (Fsp3) is 0.381. The van der Waals surface area contributed by atoms with E-state index in [-0.39, 0.29) is 5.91 Å². The molecule has 1 saturated heterocycles. The van der Waals surface area contributed by atoms with Crippen LogP contribution in [0.25, 0.3) is 0 Å². The van der Waals surface area contributed by atoms with Crippen molar-refractivity contribution in [1.82, 2.24) is 9.80 Å². The molecule has 25 heavy (non-hydrogen) atoms. The van der Waals surface area contributed by atoms with Gasteiger partial charge in [-0.2, -0.15) is 0 Å². The molecule has 0 saturated carbocycles. The second-order valence-electron chi connectivity index (χ2n) is 6.72. The molecule has 0 N–H and O–H groups in total. The highest BCUT2D eigenvalue weighted by Crippen LogP contribution is 2.17. The number of benzene rings is 2. The highest BCUT2D eigenvalue weighted by atomic mass is 32.2. The summed E-state index contributed by atoms with van der Waals surface area (Å²) in [5.74, 6) is 0.172. The lowest BCUT2D eigenvalue weighted by Gasteiger charge is -2.18. The fourth-order valence-electron chi connectivity index (χ4n) is 3.27. The number of hydrogen-bond donors (Lipinski definition) is 0. The molecule has 2 aromatic carbocycles. The van der Waals surface area contributed by atoms with E-state index in [1.54, 1.807) is 11.8 Å². The number of nitrogens with zero attached hydrogens (tertiary/aromatic N) is 2. The lowest BCUT2D eigenvalue weighted by atomic mass is 10.1. The van der Waals surface area contributed by atoms with Crippen LogP contribution in [-0.4, -0.2) is 42.1 Å². The monoisotopic (exact) mass is 354 g/mol. The number of amides is 1. The molecule has 0 spiro atoms. The Bertz CT molecular complexity index is 691. The van der Waals surface area contributed by atoms with Crippen LogP contribution in [0.15, 0.2) is 53.4 Å². The van der Waals surface area contributed by atoms with Gasteiger partial charge in [-0.15, -0.1) is 11.8 Å². The fourth-order valence-corrected chi connectivity index (χ4v) is 3.67. The van der Waals surface area contributed by atoms with Crippen molar-refractivity contribution in [3.8, 4) is 0 Å². The smallest absolute Gasteiger partial charge is 0.253 e. The highest BCUT2D eigenvalue weighted by molar-refractivity contribution is 7.98. The zero-order chi connectivity index (χ0) is 17.6. The van der Waals surface area contributed by atoms with E-state index in [0.29, 0.717) is 0 Å². The predicted octanol–water partition coefficient (Wildman–Crippen LogP) is 4.28. The number of carbonyl (C=O) groups is 1. The second-order valence-corrected chi connectivity index (χ2v) is 7.60. The molecule has 0 aromatic heterocycles. The predicted molar refractivity (Wildman–Crippen MR) is 105 cm³/mol. The minimum atomic E-state index is 0.172. The molecule has 4 heteroatoms. The highest BCUT2D eigenvalue weighted by Gasteiger charge is 2.19. The Labute approximate surface area is 155 Å². The summed E-state index contributed by atoms with van der Waals surface area (Å²) in [6.07, 6.45) is 4.36. The molecule has 132 valence electrons. The lowest BCUT2D eigenvalue weighted by Crippen LogP contribution is -2.27. The molecule has 3 rings (SSSR count). The van der Waals surface area contributed by atoms with Gasteiger partial charge in [0.15, 0.2) is 0 Å². The van der Waals surface area contributed by atoms with Gasteiger partial charge in [-0.25, -0.2) is 0 Å². The van der Waals surface area contributed by atoms with Gasteiger partial charge in [-0.1, -0.05) is 24.3 Å². The molecule has 0 unspecified atom stereocenters. The van der Waals surface area contributed by atoms with E-state index in [2.05, 4.69) is 54.6 Å². The summed E-state index contributed by atoms with van der Waals surface area (Å²) in [6, 6.07) is 16.8. The maximum atomic E-state index is 12.4. The third-order valence-electron chi connectivity index (χ3n) is 4.66. The summed E-state index contributed by atoms with van der Waals surface area (Å²) >= 11 is 1.77. The molecule has 1 amide bonds. The molecular formula is C21H26N2OS. The first-order chi connectivity index (χ1) is 12.2. The maximum Gasteiger partial charge on any atom is 0.253 e. The lowest BCUT2D eigenvalue weighted by molar-refractivity contribution is 0.0793. The molecule has 1 aliphatic rings. The average Bonchev–Trinajstić information content (AvgIpc) is 3.17.